The molecule has 0 saturated heterocycles. The second kappa shape index (κ2) is 8.16. The fraction of sp³-hybridized carbons (Fsp3) is 0.750. The van der Waals surface area contributed by atoms with E-state index in [1.54, 1.807) is 11.9 Å². The van der Waals surface area contributed by atoms with Crippen molar-refractivity contribution in [3.8, 4) is 0 Å². The Labute approximate surface area is 112 Å². The number of aromatic nitrogens is 2. The van der Waals surface area contributed by atoms with Crippen molar-refractivity contribution in [3.63, 3.8) is 0 Å². The third-order valence-electron chi connectivity index (χ3n) is 2.74. The molecule has 1 N–H and O–H groups in total. The molecule has 1 amide bonds. The predicted octanol–water partition coefficient (Wildman–Crippen LogP) is 1.73. The second-order valence-corrected chi connectivity index (χ2v) is 5.06. The average Bonchev–Trinajstić information content (AvgIpc) is 2.82. The monoisotopic (exact) mass is 271 g/mol. The zero-order valence-corrected chi connectivity index (χ0v) is 11.9. The lowest BCUT2D eigenvalue weighted by molar-refractivity contribution is 0.0795. The van der Waals surface area contributed by atoms with Crippen LogP contribution in [0.2, 0.25) is 0 Å². The molecular weight excluding hydrogens is 250 g/mol. The van der Waals surface area contributed by atoms with Gasteiger partial charge in [-0.05, 0) is 37.2 Å². The summed E-state index contributed by atoms with van der Waals surface area (Å²) in [5, 5.41) is 12.7. The van der Waals surface area contributed by atoms with Crippen LogP contribution in [0.25, 0.3) is 0 Å². The third-order valence-corrected chi connectivity index (χ3v) is 3.49. The van der Waals surface area contributed by atoms with E-state index in [0.717, 1.165) is 37.8 Å². The fourth-order valence-electron chi connectivity index (χ4n) is 1.68. The Hall–Kier alpha value is -1.01. The SMILES string of the molecule is CCCc1nnsc1C(=O)N(C)CCCCCO. The summed E-state index contributed by atoms with van der Waals surface area (Å²) in [5.41, 5.74) is 0.815. The number of aryl methyl sites for hydroxylation is 1. The Bertz CT molecular complexity index is 368. The van der Waals surface area contributed by atoms with Crippen LogP contribution >= 0.6 is 11.5 Å². The van der Waals surface area contributed by atoms with Crippen LogP contribution < -0.4 is 0 Å². The molecule has 0 atom stereocenters. The molecule has 102 valence electrons. The highest BCUT2D eigenvalue weighted by molar-refractivity contribution is 7.07. The summed E-state index contributed by atoms with van der Waals surface area (Å²) in [4.78, 5) is 14.6. The van der Waals surface area contributed by atoms with Gasteiger partial charge in [0.25, 0.3) is 5.91 Å². The Kier molecular flexibility index (Phi) is 6.82. The van der Waals surface area contributed by atoms with Crippen LogP contribution in [0.5, 0.6) is 0 Å². The number of nitrogens with zero attached hydrogens (tertiary/aromatic N) is 3. The Morgan fingerprint density at radius 2 is 2.17 bits per heavy atom. The van der Waals surface area contributed by atoms with Gasteiger partial charge in [0.05, 0.1) is 5.69 Å². The Balaban J connectivity index is 2.49. The summed E-state index contributed by atoms with van der Waals surface area (Å²) in [7, 11) is 1.80. The van der Waals surface area contributed by atoms with Gasteiger partial charge in [-0.15, -0.1) is 5.10 Å². The Morgan fingerprint density at radius 3 is 2.83 bits per heavy atom. The lowest BCUT2D eigenvalue weighted by atomic mass is 10.2. The van der Waals surface area contributed by atoms with E-state index in [0.29, 0.717) is 11.4 Å². The number of carbonyl (C=O) groups excluding carboxylic acids is 1. The van der Waals surface area contributed by atoms with Crippen molar-refractivity contribution >= 4 is 17.4 Å². The van der Waals surface area contributed by atoms with Crippen molar-refractivity contribution in [1.82, 2.24) is 14.5 Å². The molecule has 1 rings (SSSR count). The van der Waals surface area contributed by atoms with Gasteiger partial charge in [0, 0.05) is 20.2 Å². The molecule has 0 fully saturated rings. The number of aliphatic hydroxyl groups is 1. The van der Waals surface area contributed by atoms with Gasteiger partial charge in [-0.1, -0.05) is 17.8 Å². The van der Waals surface area contributed by atoms with E-state index in [2.05, 4.69) is 16.5 Å². The summed E-state index contributed by atoms with van der Waals surface area (Å²) in [6, 6.07) is 0. The lowest BCUT2D eigenvalue weighted by Gasteiger charge is -2.16. The van der Waals surface area contributed by atoms with Crippen LogP contribution in [-0.4, -0.2) is 45.7 Å². The summed E-state index contributed by atoms with van der Waals surface area (Å²) in [5.74, 6) is 0.0115. The van der Waals surface area contributed by atoms with Gasteiger partial charge in [0.15, 0.2) is 0 Å². The van der Waals surface area contributed by atoms with Crippen molar-refractivity contribution in [2.24, 2.45) is 0 Å². The number of unbranched alkanes of at least 4 members (excludes halogenated alkanes) is 2. The third kappa shape index (κ3) is 4.34. The molecule has 1 aromatic heterocycles. The van der Waals surface area contributed by atoms with Crippen molar-refractivity contribution in [2.45, 2.75) is 39.0 Å². The van der Waals surface area contributed by atoms with Crippen LogP contribution in [0.1, 0.15) is 48.0 Å². The lowest BCUT2D eigenvalue weighted by Crippen LogP contribution is -2.27. The number of hydrogen-bond donors (Lipinski definition) is 1. The van der Waals surface area contributed by atoms with E-state index in [1.807, 2.05) is 0 Å². The smallest absolute Gasteiger partial charge is 0.267 e. The minimum absolute atomic E-state index is 0.0115. The molecule has 0 radical (unpaired) electrons. The van der Waals surface area contributed by atoms with Crippen LogP contribution in [0.3, 0.4) is 0 Å². The van der Waals surface area contributed by atoms with Gasteiger partial charge in [-0.3, -0.25) is 4.79 Å². The van der Waals surface area contributed by atoms with E-state index < -0.39 is 0 Å². The highest BCUT2D eigenvalue weighted by atomic mass is 32.1. The molecule has 0 spiro atoms. The zero-order chi connectivity index (χ0) is 13.4. The molecule has 0 bridgehead atoms. The summed E-state index contributed by atoms with van der Waals surface area (Å²) < 4.78 is 3.87. The molecule has 0 aliphatic rings. The molecule has 1 aromatic rings. The molecule has 0 saturated carbocycles. The molecule has 5 nitrogen and oxygen atoms in total. The average molecular weight is 271 g/mol. The van der Waals surface area contributed by atoms with Crippen molar-refractivity contribution in [1.29, 1.82) is 0 Å². The van der Waals surface area contributed by atoms with Gasteiger partial charge < -0.3 is 10.0 Å². The minimum Gasteiger partial charge on any atom is -0.396 e. The number of rotatable bonds is 8. The highest BCUT2D eigenvalue weighted by Gasteiger charge is 2.18. The second-order valence-electron chi connectivity index (χ2n) is 4.31. The summed E-state index contributed by atoms with van der Waals surface area (Å²) in [6.07, 6.45) is 4.42. The number of aliphatic hydroxyl groups excluding tert-OH is 1. The van der Waals surface area contributed by atoms with E-state index in [4.69, 9.17) is 5.11 Å². The van der Waals surface area contributed by atoms with Crippen LogP contribution in [0.4, 0.5) is 0 Å². The van der Waals surface area contributed by atoms with Gasteiger partial charge in [0.1, 0.15) is 4.88 Å². The van der Waals surface area contributed by atoms with Crippen LogP contribution in [0, 0.1) is 0 Å². The maximum Gasteiger partial charge on any atom is 0.267 e. The van der Waals surface area contributed by atoms with Crippen molar-refractivity contribution < 1.29 is 9.90 Å². The molecule has 1 heterocycles. The van der Waals surface area contributed by atoms with Gasteiger partial charge >= 0.3 is 0 Å². The number of amides is 1. The summed E-state index contributed by atoms with van der Waals surface area (Å²) >= 11 is 1.18. The standard InChI is InChI=1S/C12H21N3O2S/c1-3-7-10-11(18-14-13-10)12(17)15(2)8-5-4-6-9-16/h16H,3-9H2,1-2H3. The number of hydrogen-bond acceptors (Lipinski definition) is 5. The molecule has 18 heavy (non-hydrogen) atoms. The quantitative estimate of drug-likeness (QED) is 0.731. The van der Waals surface area contributed by atoms with Crippen molar-refractivity contribution in [2.75, 3.05) is 20.2 Å². The molecule has 6 heteroatoms. The molecular formula is C12H21N3O2S. The first kappa shape index (κ1) is 15.0. The molecule has 0 aromatic carbocycles. The highest BCUT2D eigenvalue weighted by Crippen LogP contribution is 2.15. The van der Waals surface area contributed by atoms with Gasteiger partial charge in [-0.25, -0.2) is 0 Å². The van der Waals surface area contributed by atoms with Crippen molar-refractivity contribution in [3.05, 3.63) is 10.6 Å². The van der Waals surface area contributed by atoms with Crippen LogP contribution in [0.15, 0.2) is 0 Å². The number of carbonyl (C=O) groups is 1. The summed E-state index contributed by atoms with van der Waals surface area (Å²) in [6.45, 7) is 2.99. The van der Waals surface area contributed by atoms with E-state index in [9.17, 15) is 4.79 Å². The van der Waals surface area contributed by atoms with E-state index >= 15 is 0 Å². The first-order valence-electron chi connectivity index (χ1n) is 6.38. The molecule has 0 aliphatic carbocycles. The fourth-order valence-corrected chi connectivity index (χ4v) is 2.39. The Morgan fingerprint density at radius 1 is 1.39 bits per heavy atom. The topological polar surface area (TPSA) is 66.3 Å². The first-order chi connectivity index (χ1) is 8.70. The maximum atomic E-state index is 12.2. The predicted molar refractivity (Wildman–Crippen MR) is 71.8 cm³/mol. The molecule has 0 unspecified atom stereocenters. The zero-order valence-electron chi connectivity index (χ0n) is 11.1. The minimum atomic E-state index is 0.0115. The maximum absolute atomic E-state index is 12.2. The van der Waals surface area contributed by atoms with E-state index in [-0.39, 0.29) is 12.5 Å². The normalized spacial score (nSPS) is 10.6. The first-order valence-corrected chi connectivity index (χ1v) is 7.15. The van der Waals surface area contributed by atoms with Gasteiger partial charge in [0.2, 0.25) is 0 Å². The van der Waals surface area contributed by atoms with Crippen LogP contribution in [-0.2, 0) is 6.42 Å². The largest absolute Gasteiger partial charge is 0.396 e. The molecule has 0 aliphatic heterocycles. The van der Waals surface area contributed by atoms with Gasteiger partial charge in [-0.2, -0.15) is 0 Å². The van der Waals surface area contributed by atoms with E-state index in [1.165, 1.54) is 11.5 Å².